The van der Waals surface area contributed by atoms with Gasteiger partial charge in [-0.3, -0.25) is 0 Å². The van der Waals surface area contributed by atoms with Crippen molar-refractivity contribution in [2.45, 2.75) is 11.8 Å². The molecule has 0 aromatic heterocycles. The molecule has 0 atom stereocenters. The van der Waals surface area contributed by atoms with Crippen LogP contribution in [0.5, 0.6) is 0 Å². The number of carbonyl (C=O) groups excluding carboxylic acids is 1. The zero-order chi connectivity index (χ0) is 11.4. The summed E-state index contributed by atoms with van der Waals surface area (Å²) in [6, 6.07) is 5.12. The normalized spacial score (nSPS) is 9.47. The molecule has 0 aliphatic carbocycles. The molecule has 0 aliphatic rings. The van der Waals surface area contributed by atoms with Crippen LogP contribution in [0.2, 0.25) is 0 Å². The molecule has 0 heterocycles. The van der Waals surface area contributed by atoms with Gasteiger partial charge in [0.15, 0.2) is 0 Å². The molecule has 3 nitrogen and oxygen atoms in total. The molecule has 0 N–H and O–H groups in total. The minimum atomic E-state index is -0.497. The second kappa shape index (κ2) is 5.19. The lowest BCUT2D eigenvalue weighted by Crippen LogP contribution is -2.07. The lowest BCUT2D eigenvalue weighted by molar-refractivity contribution is 0.0526. The zero-order valence-corrected chi connectivity index (χ0v) is 10.4. The van der Waals surface area contributed by atoms with Gasteiger partial charge in [0.2, 0.25) is 0 Å². The van der Waals surface area contributed by atoms with E-state index in [2.05, 4.69) is 28.6 Å². The smallest absolute Gasteiger partial charge is 0.339 e. The highest BCUT2D eigenvalue weighted by Crippen LogP contribution is 2.27. The summed E-state index contributed by atoms with van der Waals surface area (Å²) >= 11 is 7.34. The van der Waals surface area contributed by atoms with Crippen LogP contribution in [0.3, 0.4) is 0 Å². The van der Waals surface area contributed by atoms with E-state index in [1.807, 2.05) is 6.07 Å². The zero-order valence-electron chi connectivity index (χ0n) is 7.95. The summed E-state index contributed by atoms with van der Waals surface area (Å²) < 4.78 is 5.34. The molecule has 0 aliphatic heterocycles. The fourth-order valence-corrected chi connectivity index (χ4v) is 1.67. The van der Waals surface area contributed by atoms with Gasteiger partial charge in [-0.2, -0.15) is 5.26 Å². The molecule has 0 saturated heterocycles. The van der Waals surface area contributed by atoms with Gasteiger partial charge in [-0.05, 0) is 35.0 Å². The standard InChI is InChI=1S/C10H8BrNO2S/c1-2-14-10(13)6-3-4-8(15)9(11)7(6)5-12/h3-4,15H,2H2,1H3. The molecular formula is C10H8BrNO2S. The number of carbonyl (C=O) groups is 1. The number of halogens is 1. The van der Waals surface area contributed by atoms with Crippen molar-refractivity contribution in [1.82, 2.24) is 0 Å². The summed E-state index contributed by atoms with van der Waals surface area (Å²) in [4.78, 5) is 12.1. The molecular weight excluding hydrogens is 278 g/mol. The highest BCUT2D eigenvalue weighted by molar-refractivity contribution is 9.10. The van der Waals surface area contributed by atoms with Crippen LogP contribution in [0.4, 0.5) is 0 Å². The van der Waals surface area contributed by atoms with Crippen LogP contribution in [0.25, 0.3) is 0 Å². The summed E-state index contributed by atoms with van der Waals surface area (Å²) in [5, 5.41) is 8.92. The number of hydrogen-bond donors (Lipinski definition) is 1. The number of hydrogen-bond acceptors (Lipinski definition) is 4. The molecule has 1 aromatic carbocycles. The van der Waals surface area contributed by atoms with E-state index in [4.69, 9.17) is 10.00 Å². The third-order valence-corrected chi connectivity index (χ3v) is 3.23. The Bertz CT molecular complexity index is 440. The highest BCUT2D eigenvalue weighted by atomic mass is 79.9. The average Bonchev–Trinajstić information content (AvgIpc) is 2.22. The molecule has 0 amide bonds. The van der Waals surface area contributed by atoms with Gasteiger partial charge in [-0.25, -0.2) is 4.79 Å². The van der Waals surface area contributed by atoms with Gasteiger partial charge in [0, 0.05) is 9.37 Å². The van der Waals surface area contributed by atoms with Gasteiger partial charge in [0.1, 0.15) is 6.07 Å². The van der Waals surface area contributed by atoms with Crippen molar-refractivity contribution >= 4 is 34.5 Å². The molecule has 78 valence electrons. The Morgan fingerprint density at radius 2 is 2.33 bits per heavy atom. The van der Waals surface area contributed by atoms with Crippen molar-refractivity contribution in [2.24, 2.45) is 0 Å². The van der Waals surface area contributed by atoms with Crippen LogP contribution in [0.1, 0.15) is 22.8 Å². The molecule has 0 radical (unpaired) electrons. The maximum Gasteiger partial charge on any atom is 0.339 e. The van der Waals surface area contributed by atoms with Gasteiger partial charge in [-0.1, -0.05) is 0 Å². The topological polar surface area (TPSA) is 50.1 Å². The Balaban J connectivity index is 3.26. The fraction of sp³-hybridized carbons (Fsp3) is 0.200. The minimum absolute atomic E-state index is 0.251. The Hall–Kier alpha value is -0.990. The second-order valence-corrected chi connectivity index (χ2v) is 3.93. The number of thiol groups is 1. The molecule has 0 fully saturated rings. The van der Waals surface area contributed by atoms with Crippen molar-refractivity contribution in [1.29, 1.82) is 5.26 Å². The summed E-state index contributed by atoms with van der Waals surface area (Å²) in [7, 11) is 0. The first-order valence-corrected chi connectivity index (χ1v) is 5.44. The predicted molar refractivity (Wildman–Crippen MR) is 62.1 cm³/mol. The van der Waals surface area contributed by atoms with Crippen LogP contribution in [0.15, 0.2) is 21.5 Å². The Kier molecular flexibility index (Phi) is 4.18. The van der Waals surface area contributed by atoms with E-state index in [0.29, 0.717) is 9.37 Å². The number of rotatable bonds is 2. The SMILES string of the molecule is CCOC(=O)c1ccc(S)c(Br)c1C#N. The number of nitriles is 1. The van der Waals surface area contributed by atoms with Gasteiger partial charge < -0.3 is 4.74 Å². The lowest BCUT2D eigenvalue weighted by Gasteiger charge is -2.06. The van der Waals surface area contributed by atoms with Crippen molar-refractivity contribution in [3.05, 3.63) is 27.7 Å². The molecule has 0 spiro atoms. The lowest BCUT2D eigenvalue weighted by atomic mass is 10.1. The highest BCUT2D eigenvalue weighted by Gasteiger charge is 2.16. The van der Waals surface area contributed by atoms with E-state index in [9.17, 15) is 4.79 Å². The molecule has 1 aromatic rings. The third kappa shape index (κ3) is 2.52. The van der Waals surface area contributed by atoms with E-state index in [-0.39, 0.29) is 17.7 Å². The summed E-state index contributed by atoms with van der Waals surface area (Å²) in [6.45, 7) is 2.00. The van der Waals surface area contributed by atoms with Crippen LogP contribution in [-0.4, -0.2) is 12.6 Å². The van der Waals surface area contributed by atoms with E-state index < -0.39 is 5.97 Å². The molecule has 5 heteroatoms. The first-order chi connectivity index (χ1) is 7.11. The van der Waals surface area contributed by atoms with Crippen molar-refractivity contribution < 1.29 is 9.53 Å². The molecule has 0 bridgehead atoms. The number of nitrogens with zero attached hydrogens (tertiary/aromatic N) is 1. The fourth-order valence-electron chi connectivity index (χ4n) is 1.05. The summed E-state index contributed by atoms with van der Waals surface area (Å²) in [5.41, 5.74) is 0.505. The van der Waals surface area contributed by atoms with Crippen LogP contribution < -0.4 is 0 Å². The van der Waals surface area contributed by atoms with E-state index in [1.54, 1.807) is 13.0 Å². The number of ether oxygens (including phenoxy) is 1. The molecule has 0 unspecified atom stereocenters. The quantitative estimate of drug-likeness (QED) is 0.672. The first kappa shape index (κ1) is 12.1. The van der Waals surface area contributed by atoms with Crippen LogP contribution in [-0.2, 0) is 4.74 Å². The Morgan fingerprint density at radius 1 is 1.67 bits per heavy atom. The maximum atomic E-state index is 11.5. The van der Waals surface area contributed by atoms with Crippen molar-refractivity contribution in [2.75, 3.05) is 6.61 Å². The van der Waals surface area contributed by atoms with E-state index in [1.165, 1.54) is 6.07 Å². The summed E-state index contributed by atoms with van der Waals surface area (Å²) in [5.74, 6) is -0.497. The Morgan fingerprint density at radius 3 is 2.87 bits per heavy atom. The summed E-state index contributed by atoms with van der Waals surface area (Å²) in [6.07, 6.45) is 0. The maximum absolute atomic E-state index is 11.5. The van der Waals surface area contributed by atoms with Gasteiger partial charge in [-0.15, -0.1) is 12.6 Å². The monoisotopic (exact) mass is 285 g/mol. The van der Waals surface area contributed by atoms with Crippen molar-refractivity contribution in [3.63, 3.8) is 0 Å². The van der Waals surface area contributed by atoms with Gasteiger partial charge in [0.25, 0.3) is 0 Å². The molecule has 0 saturated carbocycles. The number of benzene rings is 1. The molecule has 15 heavy (non-hydrogen) atoms. The minimum Gasteiger partial charge on any atom is -0.462 e. The van der Waals surface area contributed by atoms with Gasteiger partial charge >= 0.3 is 5.97 Å². The first-order valence-electron chi connectivity index (χ1n) is 4.20. The Labute approximate surface area is 102 Å². The number of esters is 1. The van der Waals surface area contributed by atoms with Crippen LogP contribution in [0, 0.1) is 11.3 Å². The molecule has 1 rings (SSSR count). The van der Waals surface area contributed by atoms with Gasteiger partial charge in [0.05, 0.1) is 17.7 Å². The predicted octanol–water partition coefficient (Wildman–Crippen LogP) is 2.79. The third-order valence-electron chi connectivity index (χ3n) is 1.73. The second-order valence-electron chi connectivity index (χ2n) is 2.65. The average molecular weight is 286 g/mol. The van der Waals surface area contributed by atoms with Crippen LogP contribution >= 0.6 is 28.6 Å². The largest absolute Gasteiger partial charge is 0.462 e. The van der Waals surface area contributed by atoms with Crippen molar-refractivity contribution in [3.8, 4) is 6.07 Å². The van der Waals surface area contributed by atoms with E-state index in [0.717, 1.165) is 0 Å². The van der Waals surface area contributed by atoms with E-state index >= 15 is 0 Å².